The molecule has 0 unspecified atom stereocenters. The average Bonchev–Trinajstić information content (AvgIpc) is 3.55. The molecule has 2 amide bonds. The zero-order chi connectivity index (χ0) is 27.4. The van der Waals surface area contributed by atoms with Crippen LogP contribution in [0, 0.1) is 5.82 Å². The molecule has 4 aromatic rings. The van der Waals surface area contributed by atoms with Gasteiger partial charge in [-0.15, -0.1) is 0 Å². The van der Waals surface area contributed by atoms with Gasteiger partial charge in [0.25, 0.3) is 0 Å². The van der Waals surface area contributed by atoms with Crippen molar-refractivity contribution in [2.24, 2.45) is 0 Å². The van der Waals surface area contributed by atoms with E-state index in [1.165, 1.54) is 12.1 Å². The number of carbonyl (C=O) groups excluding carboxylic acids is 1. The maximum atomic E-state index is 14.1. The molecular formula is C28H34FN7O3. The summed E-state index contributed by atoms with van der Waals surface area (Å²) in [4.78, 5) is 14.9. The molecule has 11 heteroatoms. The number of benzene rings is 2. The van der Waals surface area contributed by atoms with Gasteiger partial charge in [-0.2, -0.15) is 5.10 Å². The van der Waals surface area contributed by atoms with Crippen LogP contribution in [0.2, 0.25) is 0 Å². The number of nitrogens with one attached hydrogen (secondary N) is 3. The summed E-state index contributed by atoms with van der Waals surface area (Å²) in [6, 6.07) is 11.2. The van der Waals surface area contributed by atoms with Gasteiger partial charge in [-0.25, -0.2) is 9.18 Å². The maximum Gasteiger partial charge on any atom is 0.321 e. The minimum absolute atomic E-state index is 0.0470. The van der Waals surface area contributed by atoms with Crippen LogP contribution in [0.25, 0.3) is 10.9 Å². The topological polar surface area (TPSA) is 109 Å². The second-order valence-electron chi connectivity index (χ2n) is 10.7. The van der Waals surface area contributed by atoms with Crippen LogP contribution in [0.15, 0.2) is 53.2 Å². The number of piperazine rings is 1. The summed E-state index contributed by atoms with van der Waals surface area (Å²) < 4.78 is 27.4. The average molecular weight is 536 g/mol. The summed E-state index contributed by atoms with van der Waals surface area (Å²) in [6.45, 7) is 11.9. The van der Waals surface area contributed by atoms with Crippen molar-refractivity contribution in [2.75, 3.05) is 38.0 Å². The van der Waals surface area contributed by atoms with E-state index in [0.29, 0.717) is 17.1 Å². The van der Waals surface area contributed by atoms with E-state index in [0.717, 1.165) is 55.9 Å². The predicted octanol–water partition coefficient (Wildman–Crippen LogP) is 4.48. The lowest BCUT2D eigenvalue weighted by molar-refractivity contribution is 0.230. The Hall–Kier alpha value is -3.96. The third-order valence-corrected chi connectivity index (χ3v) is 6.66. The molecular weight excluding hydrogens is 501 g/mol. The Morgan fingerprint density at radius 3 is 2.72 bits per heavy atom. The third kappa shape index (κ3) is 6.73. The first kappa shape index (κ1) is 26.6. The molecule has 0 bridgehead atoms. The van der Waals surface area contributed by atoms with E-state index in [-0.39, 0.29) is 17.8 Å². The number of hydrogen-bond acceptors (Lipinski definition) is 7. The monoisotopic (exact) mass is 535 g/mol. The number of nitrogens with zero attached hydrogens (tertiary/aromatic N) is 4. The molecule has 1 aliphatic rings. The van der Waals surface area contributed by atoms with Crippen molar-refractivity contribution in [3.63, 3.8) is 0 Å². The Morgan fingerprint density at radius 2 is 1.95 bits per heavy atom. The number of fused-ring (bicyclic) bond motifs is 1. The molecule has 2 aromatic carbocycles. The normalized spacial score (nSPS) is 14.5. The molecule has 1 aliphatic heterocycles. The molecule has 39 heavy (non-hydrogen) atoms. The molecule has 5 rings (SSSR count). The maximum absolute atomic E-state index is 14.1. The summed E-state index contributed by atoms with van der Waals surface area (Å²) in [7, 11) is 0. The van der Waals surface area contributed by atoms with Crippen LogP contribution in [0.5, 0.6) is 11.5 Å². The largest absolute Gasteiger partial charge is 0.457 e. The highest BCUT2D eigenvalue weighted by Gasteiger charge is 2.20. The van der Waals surface area contributed by atoms with E-state index in [2.05, 4.69) is 31.1 Å². The van der Waals surface area contributed by atoms with Gasteiger partial charge < -0.3 is 19.9 Å². The van der Waals surface area contributed by atoms with E-state index in [4.69, 9.17) is 9.26 Å². The third-order valence-electron chi connectivity index (χ3n) is 6.66. The van der Waals surface area contributed by atoms with Gasteiger partial charge in [-0.3, -0.25) is 14.9 Å². The quantitative estimate of drug-likeness (QED) is 0.305. The van der Waals surface area contributed by atoms with E-state index in [1.807, 2.05) is 49.8 Å². The Morgan fingerprint density at radius 1 is 1.13 bits per heavy atom. The molecule has 3 heterocycles. The van der Waals surface area contributed by atoms with Crippen molar-refractivity contribution in [3.05, 3.63) is 65.7 Å². The smallest absolute Gasteiger partial charge is 0.321 e. The molecule has 0 saturated carbocycles. The van der Waals surface area contributed by atoms with Crippen LogP contribution in [-0.2, 0) is 18.5 Å². The fraction of sp³-hybridized carbons (Fsp3) is 0.393. The lowest BCUT2D eigenvalue weighted by Gasteiger charge is -2.27. The van der Waals surface area contributed by atoms with Crippen LogP contribution in [0.3, 0.4) is 0 Å². The number of anilines is 1. The van der Waals surface area contributed by atoms with Gasteiger partial charge >= 0.3 is 6.03 Å². The van der Waals surface area contributed by atoms with Crippen LogP contribution >= 0.6 is 0 Å². The van der Waals surface area contributed by atoms with E-state index in [1.54, 1.807) is 12.1 Å². The van der Waals surface area contributed by atoms with Gasteiger partial charge in [0.1, 0.15) is 17.3 Å². The fourth-order valence-corrected chi connectivity index (χ4v) is 4.41. The van der Waals surface area contributed by atoms with Crippen molar-refractivity contribution < 1.29 is 18.4 Å². The van der Waals surface area contributed by atoms with E-state index < -0.39 is 11.8 Å². The summed E-state index contributed by atoms with van der Waals surface area (Å²) in [5.41, 5.74) is 2.03. The minimum atomic E-state index is -0.503. The number of amides is 2. The predicted molar refractivity (Wildman–Crippen MR) is 147 cm³/mol. The van der Waals surface area contributed by atoms with Crippen molar-refractivity contribution in [2.45, 2.75) is 39.3 Å². The highest BCUT2D eigenvalue weighted by molar-refractivity contribution is 5.87. The molecule has 2 aromatic heterocycles. The van der Waals surface area contributed by atoms with Crippen LogP contribution in [0.1, 0.15) is 32.0 Å². The van der Waals surface area contributed by atoms with Crippen molar-refractivity contribution in [1.29, 1.82) is 0 Å². The first-order valence-corrected chi connectivity index (χ1v) is 13.1. The molecule has 0 atom stereocenters. The molecule has 0 spiro atoms. The zero-order valence-electron chi connectivity index (χ0n) is 22.5. The lowest BCUT2D eigenvalue weighted by atomic mass is 9.92. The highest BCUT2D eigenvalue weighted by atomic mass is 19.1. The van der Waals surface area contributed by atoms with E-state index in [9.17, 15) is 9.18 Å². The Kier molecular flexibility index (Phi) is 7.80. The summed E-state index contributed by atoms with van der Waals surface area (Å²) in [5, 5.41) is 18.2. The molecule has 0 radical (unpaired) electrons. The standard InChI is InChI=1S/C28H34FN7O3/c1-28(2,3)25-16-26(39-34-25)33-27(37)31-17-20-14-21(29)4-7-24(20)38-22-5-6-23-19(15-22)18-32-36(23)13-12-35-10-8-30-9-11-35/h4-7,14-16,18,30H,8-13,17H2,1-3H3,(H2,31,33,37). The first-order valence-electron chi connectivity index (χ1n) is 13.1. The van der Waals surface area contributed by atoms with Crippen molar-refractivity contribution in [3.8, 4) is 11.5 Å². The summed E-state index contributed by atoms with van der Waals surface area (Å²) in [5.74, 6) is 0.843. The van der Waals surface area contributed by atoms with E-state index >= 15 is 0 Å². The van der Waals surface area contributed by atoms with Gasteiger partial charge in [-0.05, 0) is 36.4 Å². The second kappa shape index (κ2) is 11.4. The van der Waals surface area contributed by atoms with Gasteiger partial charge in [0.05, 0.1) is 24.0 Å². The lowest BCUT2D eigenvalue weighted by Crippen LogP contribution is -2.44. The second-order valence-corrected chi connectivity index (χ2v) is 10.7. The van der Waals surface area contributed by atoms with Crippen LogP contribution in [-0.4, -0.2) is 58.6 Å². The molecule has 206 valence electrons. The van der Waals surface area contributed by atoms with Crippen molar-refractivity contribution >= 4 is 22.8 Å². The number of ether oxygens (including phenoxy) is 1. The minimum Gasteiger partial charge on any atom is -0.457 e. The number of urea groups is 1. The van der Waals surface area contributed by atoms with Gasteiger partial charge in [0, 0.05) is 61.7 Å². The fourth-order valence-electron chi connectivity index (χ4n) is 4.41. The van der Waals surface area contributed by atoms with Crippen LogP contribution < -0.4 is 20.7 Å². The zero-order valence-corrected chi connectivity index (χ0v) is 22.5. The van der Waals surface area contributed by atoms with Crippen molar-refractivity contribution in [1.82, 2.24) is 30.5 Å². The van der Waals surface area contributed by atoms with Gasteiger partial charge in [0.2, 0.25) is 5.88 Å². The molecule has 10 nitrogen and oxygen atoms in total. The molecule has 3 N–H and O–H groups in total. The molecule has 1 fully saturated rings. The summed E-state index contributed by atoms with van der Waals surface area (Å²) in [6.07, 6.45) is 1.83. The SMILES string of the molecule is CC(C)(C)c1cc(NC(=O)NCc2cc(F)ccc2Oc2ccc3c(cnn3CCN3CCNCC3)c2)on1. The Balaban J connectivity index is 1.22. The number of hydrogen-bond donors (Lipinski definition) is 3. The van der Waals surface area contributed by atoms with Crippen LogP contribution in [0.4, 0.5) is 15.1 Å². The Labute approximate surface area is 226 Å². The van der Waals surface area contributed by atoms with Gasteiger partial charge in [0.15, 0.2) is 0 Å². The Bertz CT molecular complexity index is 1440. The highest BCUT2D eigenvalue weighted by Crippen LogP contribution is 2.29. The summed E-state index contributed by atoms with van der Waals surface area (Å²) >= 11 is 0. The number of aromatic nitrogens is 3. The van der Waals surface area contributed by atoms with Gasteiger partial charge in [-0.1, -0.05) is 25.9 Å². The molecule has 1 saturated heterocycles. The number of halogens is 1. The number of rotatable bonds is 8. The number of carbonyl (C=O) groups is 1. The first-order chi connectivity index (χ1) is 18.7. The molecule has 0 aliphatic carbocycles.